The van der Waals surface area contributed by atoms with Crippen LogP contribution in [-0.4, -0.2) is 31.5 Å². The standard InChI is InChI=1S/C20H21ClN2O5/c1-3-15(13-7-5-4-6-8-13)20(26)28-12-18(24)22-23-19(25)16-11-14(21)9-10-17(16)27-2/h4-11,15H,3,12H2,1-2H3,(H,22,24)(H,23,25)/t15-/m1/s1. The monoisotopic (exact) mass is 404 g/mol. The summed E-state index contributed by atoms with van der Waals surface area (Å²) < 4.78 is 10.2. The van der Waals surface area contributed by atoms with Gasteiger partial charge in [-0.2, -0.15) is 0 Å². The van der Waals surface area contributed by atoms with Crippen LogP contribution in [0.25, 0.3) is 0 Å². The first-order valence-electron chi connectivity index (χ1n) is 8.60. The minimum atomic E-state index is -0.675. The average molecular weight is 405 g/mol. The van der Waals surface area contributed by atoms with Gasteiger partial charge in [0.05, 0.1) is 18.6 Å². The van der Waals surface area contributed by atoms with Crippen molar-refractivity contribution in [3.05, 3.63) is 64.7 Å². The highest BCUT2D eigenvalue weighted by Gasteiger charge is 2.21. The van der Waals surface area contributed by atoms with Gasteiger partial charge in [0.1, 0.15) is 5.75 Å². The average Bonchev–Trinajstić information content (AvgIpc) is 2.71. The van der Waals surface area contributed by atoms with E-state index in [0.29, 0.717) is 17.2 Å². The van der Waals surface area contributed by atoms with E-state index in [1.54, 1.807) is 6.07 Å². The quantitative estimate of drug-likeness (QED) is 0.546. The van der Waals surface area contributed by atoms with Crippen LogP contribution in [0, 0.1) is 0 Å². The Kier molecular flexibility index (Phi) is 7.83. The Morgan fingerprint density at radius 2 is 1.79 bits per heavy atom. The zero-order valence-corrected chi connectivity index (χ0v) is 16.3. The molecule has 8 heteroatoms. The van der Waals surface area contributed by atoms with Crippen molar-refractivity contribution in [2.24, 2.45) is 0 Å². The van der Waals surface area contributed by atoms with Crippen molar-refractivity contribution in [2.45, 2.75) is 19.3 Å². The van der Waals surface area contributed by atoms with Gasteiger partial charge in [-0.15, -0.1) is 0 Å². The molecule has 0 fully saturated rings. The number of hydrogen-bond acceptors (Lipinski definition) is 5. The molecule has 0 aromatic heterocycles. The molecule has 2 amide bonds. The lowest BCUT2D eigenvalue weighted by molar-refractivity contribution is -0.150. The Bertz CT molecular complexity index is 842. The van der Waals surface area contributed by atoms with Crippen LogP contribution < -0.4 is 15.6 Å². The summed E-state index contributed by atoms with van der Waals surface area (Å²) in [6.45, 7) is 1.34. The molecule has 2 N–H and O–H groups in total. The van der Waals surface area contributed by atoms with Crippen molar-refractivity contribution in [2.75, 3.05) is 13.7 Å². The first-order chi connectivity index (χ1) is 13.5. The molecule has 0 bridgehead atoms. The van der Waals surface area contributed by atoms with Gasteiger partial charge in [0.25, 0.3) is 11.8 Å². The summed E-state index contributed by atoms with van der Waals surface area (Å²) in [5, 5.41) is 0.345. The van der Waals surface area contributed by atoms with Crippen LogP contribution in [0.1, 0.15) is 35.2 Å². The summed E-state index contributed by atoms with van der Waals surface area (Å²) in [4.78, 5) is 36.3. The van der Waals surface area contributed by atoms with E-state index < -0.39 is 30.3 Å². The van der Waals surface area contributed by atoms with Gasteiger partial charge in [-0.1, -0.05) is 48.9 Å². The summed E-state index contributed by atoms with van der Waals surface area (Å²) in [7, 11) is 1.41. The maximum absolute atomic E-state index is 12.2. The molecule has 2 aromatic carbocycles. The van der Waals surface area contributed by atoms with Gasteiger partial charge in [0.15, 0.2) is 6.61 Å². The summed E-state index contributed by atoms with van der Waals surface area (Å²) in [5.41, 5.74) is 5.39. The molecule has 0 heterocycles. The molecule has 1 atom stereocenters. The number of methoxy groups -OCH3 is 1. The van der Waals surface area contributed by atoms with Crippen LogP contribution in [0.4, 0.5) is 0 Å². The number of halogens is 1. The Morgan fingerprint density at radius 1 is 1.07 bits per heavy atom. The Balaban J connectivity index is 1.86. The topological polar surface area (TPSA) is 93.7 Å². The summed E-state index contributed by atoms with van der Waals surface area (Å²) >= 11 is 5.88. The number of amides is 2. The fourth-order valence-electron chi connectivity index (χ4n) is 2.55. The number of nitrogens with one attached hydrogen (secondary N) is 2. The SMILES string of the molecule is CC[C@@H](C(=O)OCC(=O)NNC(=O)c1cc(Cl)ccc1OC)c1ccccc1. The van der Waals surface area contributed by atoms with Gasteiger partial charge < -0.3 is 9.47 Å². The molecule has 0 saturated carbocycles. The number of esters is 1. The number of carbonyl (C=O) groups excluding carboxylic acids is 3. The van der Waals surface area contributed by atoms with Gasteiger partial charge in [-0.05, 0) is 30.2 Å². The number of ether oxygens (including phenoxy) is 2. The zero-order valence-electron chi connectivity index (χ0n) is 15.5. The van der Waals surface area contributed by atoms with Gasteiger partial charge in [0, 0.05) is 5.02 Å². The third-order valence-corrected chi connectivity index (χ3v) is 4.20. The highest BCUT2D eigenvalue weighted by molar-refractivity contribution is 6.31. The van der Waals surface area contributed by atoms with E-state index >= 15 is 0 Å². The predicted molar refractivity (Wildman–Crippen MR) is 104 cm³/mol. The second kappa shape index (κ2) is 10.3. The zero-order chi connectivity index (χ0) is 20.5. The molecule has 2 rings (SSSR count). The van der Waals surface area contributed by atoms with Gasteiger partial charge in [-0.25, -0.2) is 0 Å². The van der Waals surface area contributed by atoms with E-state index in [4.69, 9.17) is 21.1 Å². The molecule has 148 valence electrons. The lowest BCUT2D eigenvalue weighted by Gasteiger charge is -2.15. The maximum atomic E-state index is 12.2. The van der Waals surface area contributed by atoms with Crippen LogP contribution in [-0.2, 0) is 14.3 Å². The third kappa shape index (κ3) is 5.72. The van der Waals surface area contributed by atoms with Crippen molar-refractivity contribution in [1.29, 1.82) is 0 Å². The Labute approximate surface area is 167 Å². The molecule has 0 radical (unpaired) electrons. The van der Waals surface area contributed by atoms with Crippen LogP contribution in [0.5, 0.6) is 5.75 Å². The lowest BCUT2D eigenvalue weighted by atomic mass is 9.97. The molecule has 2 aromatic rings. The lowest BCUT2D eigenvalue weighted by Crippen LogP contribution is -2.43. The Hall–Kier alpha value is -3.06. The molecule has 0 saturated heterocycles. The van der Waals surface area contributed by atoms with E-state index in [9.17, 15) is 14.4 Å². The maximum Gasteiger partial charge on any atom is 0.313 e. The fraction of sp³-hybridized carbons (Fsp3) is 0.250. The van der Waals surface area contributed by atoms with Crippen LogP contribution >= 0.6 is 11.6 Å². The number of hydrazine groups is 1. The number of hydrogen-bond donors (Lipinski definition) is 2. The second-order valence-corrected chi connectivity index (χ2v) is 6.26. The summed E-state index contributed by atoms with van der Waals surface area (Å²) in [6.07, 6.45) is 0.537. The number of carbonyl (C=O) groups is 3. The van der Waals surface area contributed by atoms with Crippen LogP contribution in [0.15, 0.2) is 48.5 Å². The molecular weight excluding hydrogens is 384 g/mol. The largest absolute Gasteiger partial charge is 0.496 e. The van der Waals surface area contributed by atoms with Gasteiger partial charge in [-0.3, -0.25) is 25.2 Å². The van der Waals surface area contributed by atoms with E-state index in [2.05, 4.69) is 10.9 Å². The minimum absolute atomic E-state index is 0.155. The van der Waals surface area contributed by atoms with Crippen molar-refractivity contribution in [3.63, 3.8) is 0 Å². The Morgan fingerprint density at radius 3 is 2.43 bits per heavy atom. The van der Waals surface area contributed by atoms with E-state index in [0.717, 1.165) is 5.56 Å². The molecule has 0 unspecified atom stereocenters. The van der Waals surface area contributed by atoms with Gasteiger partial charge >= 0.3 is 5.97 Å². The van der Waals surface area contributed by atoms with E-state index in [1.807, 2.05) is 37.3 Å². The van der Waals surface area contributed by atoms with Gasteiger partial charge in [0.2, 0.25) is 0 Å². The molecule has 0 aliphatic heterocycles. The van der Waals surface area contributed by atoms with Crippen LogP contribution in [0.2, 0.25) is 5.02 Å². The summed E-state index contributed by atoms with van der Waals surface area (Å²) in [6, 6.07) is 13.7. The van der Waals surface area contributed by atoms with Crippen molar-refractivity contribution < 1.29 is 23.9 Å². The fourth-order valence-corrected chi connectivity index (χ4v) is 2.72. The minimum Gasteiger partial charge on any atom is -0.496 e. The first-order valence-corrected chi connectivity index (χ1v) is 8.98. The highest BCUT2D eigenvalue weighted by atomic mass is 35.5. The van der Waals surface area contributed by atoms with E-state index in [-0.39, 0.29) is 5.56 Å². The summed E-state index contributed by atoms with van der Waals surface area (Å²) in [5.74, 6) is -1.96. The van der Waals surface area contributed by atoms with E-state index in [1.165, 1.54) is 19.2 Å². The smallest absolute Gasteiger partial charge is 0.313 e. The highest BCUT2D eigenvalue weighted by Crippen LogP contribution is 2.22. The molecule has 0 aliphatic rings. The van der Waals surface area contributed by atoms with Crippen molar-refractivity contribution in [3.8, 4) is 5.75 Å². The predicted octanol–water partition coefficient (Wildman–Crippen LogP) is 2.85. The molecule has 28 heavy (non-hydrogen) atoms. The van der Waals surface area contributed by atoms with Crippen molar-refractivity contribution in [1.82, 2.24) is 10.9 Å². The molecule has 0 aliphatic carbocycles. The number of rotatable bonds is 7. The first kappa shape index (κ1) is 21.2. The normalized spacial score (nSPS) is 11.2. The number of benzene rings is 2. The third-order valence-electron chi connectivity index (χ3n) is 3.96. The van der Waals surface area contributed by atoms with Crippen molar-refractivity contribution >= 4 is 29.4 Å². The second-order valence-electron chi connectivity index (χ2n) is 5.83. The molecule has 0 spiro atoms. The van der Waals surface area contributed by atoms with Crippen LogP contribution in [0.3, 0.4) is 0 Å². The molecular formula is C20H21ClN2O5. The molecule has 7 nitrogen and oxygen atoms in total.